The second-order valence-electron chi connectivity index (χ2n) is 5.38. The Bertz CT molecular complexity index is 577. The molecule has 4 heteroatoms. The van der Waals surface area contributed by atoms with Crippen LogP contribution in [-0.2, 0) is 13.0 Å². The van der Waals surface area contributed by atoms with Gasteiger partial charge in [0.05, 0.1) is 0 Å². The molecule has 0 bridgehead atoms. The lowest BCUT2D eigenvalue weighted by Crippen LogP contribution is -2.25. The summed E-state index contributed by atoms with van der Waals surface area (Å²) in [7, 11) is 0. The van der Waals surface area contributed by atoms with Crippen LogP contribution in [-0.4, -0.2) is 16.1 Å². The molecule has 0 aliphatic heterocycles. The molecule has 1 aromatic carbocycles. The molecule has 1 heterocycles. The van der Waals surface area contributed by atoms with Crippen molar-refractivity contribution in [1.29, 1.82) is 0 Å². The SMILES string of the molecule is CCCn1ccnc1CC(NCC)c1cc(C)ccc1F. The summed E-state index contributed by atoms with van der Waals surface area (Å²) >= 11 is 0. The number of aromatic nitrogens is 2. The molecule has 0 aliphatic carbocycles. The first-order valence-electron chi connectivity index (χ1n) is 7.65. The number of likely N-dealkylation sites (N-methyl/N-ethyl adjacent to an activating group) is 1. The quantitative estimate of drug-likeness (QED) is 0.843. The lowest BCUT2D eigenvalue weighted by molar-refractivity contribution is 0.488. The third-order valence-corrected chi connectivity index (χ3v) is 3.63. The van der Waals surface area contributed by atoms with E-state index in [2.05, 4.69) is 21.8 Å². The van der Waals surface area contributed by atoms with Crippen LogP contribution in [0.4, 0.5) is 4.39 Å². The van der Waals surface area contributed by atoms with Crippen LogP contribution in [0.15, 0.2) is 30.6 Å². The molecule has 0 spiro atoms. The van der Waals surface area contributed by atoms with Crippen LogP contribution < -0.4 is 5.32 Å². The molecule has 1 atom stereocenters. The van der Waals surface area contributed by atoms with Gasteiger partial charge < -0.3 is 9.88 Å². The summed E-state index contributed by atoms with van der Waals surface area (Å²) in [6.07, 6.45) is 5.57. The molecule has 0 fully saturated rings. The van der Waals surface area contributed by atoms with Gasteiger partial charge in [-0.2, -0.15) is 0 Å². The second-order valence-corrected chi connectivity index (χ2v) is 5.38. The molecule has 114 valence electrons. The van der Waals surface area contributed by atoms with E-state index < -0.39 is 0 Å². The van der Waals surface area contributed by atoms with E-state index in [1.165, 1.54) is 0 Å². The highest BCUT2D eigenvalue weighted by Crippen LogP contribution is 2.22. The number of benzene rings is 1. The summed E-state index contributed by atoms with van der Waals surface area (Å²) in [5.74, 6) is 0.851. The van der Waals surface area contributed by atoms with Crippen molar-refractivity contribution in [2.45, 2.75) is 46.2 Å². The Hall–Kier alpha value is -1.68. The third kappa shape index (κ3) is 3.91. The Morgan fingerprint density at radius 1 is 1.33 bits per heavy atom. The van der Waals surface area contributed by atoms with Crippen molar-refractivity contribution in [3.63, 3.8) is 0 Å². The van der Waals surface area contributed by atoms with Gasteiger partial charge in [-0.15, -0.1) is 0 Å². The molecule has 0 aliphatic rings. The van der Waals surface area contributed by atoms with Gasteiger partial charge in [0.25, 0.3) is 0 Å². The van der Waals surface area contributed by atoms with Gasteiger partial charge in [0.2, 0.25) is 0 Å². The Kier molecular flexibility index (Phi) is 5.51. The molecule has 0 saturated carbocycles. The molecule has 0 amide bonds. The Labute approximate surface area is 126 Å². The van der Waals surface area contributed by atoms with Crippen LogP contribution in [0.3, 0.4) is 0 Å². The molecule has 1 N–H and O–H groups in total. The van der Waals surface area contributed by atoms with Gasteiger partial charge in [0.15, 0.2) is 0 Å². The lowest BCUT2D eigenvalue weighted by Gasteiger charge is -2.20. The van der Waals surface area contributed by atoms with Crippen molar-refractivity contribution in [2.24, 2.45) is 0 Å². The molecule has 2 rings (SSSR count). The Morgan fingerprint density at radius 2 is 2.14 bits per heavy atom. The third-order valence-electron chi connectivity index (χ3n) is 3.63. The molecular formula is C17H24FN3. The van der Waals surface area contributed by atoms with E-state index >= 15 is 0 Å². The van der Waals surface area contributed by atoms with Gasteiger partial charge in [-0.05, 0) is 26.0 Å². The molecule has 1 aromatic heterocycles. The summed E-state index contributed by atoms with van der Waals surface area (Å²) in [5.41, 5.74) is 1.80. The number of imidazole rings is 1. The van der Waals surface area contributed by atoms with Crippen molar-refractivity contribution in [1.82, 2.24) is 14.9 Å². The monoisotopic (exact) mass is 289 g/mol. The zero-order valence-electron chi connectivity index (χ0n) is 13.1. The predicted octanol–water partition coefficient (Wildman–Crippen LogP) is 3.63. The first-order valence-corrected chi connectivity index (χ1v) is 7.65. The van der Waals surface area contributed by atoms with Gasteiger partial charge in [-0.3, -0.25) is 0 Å². The summed E-state index contributed by atoms with van der Waals surface area (Å²) < 4.78 is 16.3. The average Bonchev–Trinajstić information content (AvgIpc) is 2.89. The van der Waals surface area contributed by atoms with E-state index in [9.17, 15) is 4.39 Å². The van der Waals surface area contributed by atoms with Crippen molar-refractivity contribution in [3.05, 3.63) is 53.4 Å². The number of rotatable bonds is 7. The molecular weight excluding hydrogens is 265 g/mol. The molecule has 0 saturated heterocycles. The fourth-order valence-electron chi connectivity index (χ4n) is 2.63. The van der Waals surface area contributed by atoms with Crippen molar-refractivity contribution >= 4 is 0 Å². The van der Waals surface area contributed by atoms with E-state index in [4.69, 9.17) is 0 Å². The van der Waals surface area contributed by atoms with Crippen LogP contribution in [0.2, 0.25) is 0 Å². The summed E-state index contributed by atoms with van der Waals surface area (Å²) in [4.78, 5) is 4.43. The number of aryl methyl sites for hydroxylation is 2. The first-order chi connectivity index (χ1) is 10.2. The predicted molar refractivity (Wildman–Crippen MR) is 83.8 cm³/mol. The van der Waals surface area contributed by atoms with Crippen LogP contribution in [0.1, 0.15) is 43.3 Å². The fourth-order valence-corrected chi connectivity index (χ4v) is 2.63. The van der Waals surface area contributed by atoms with E-state index in [0.717, 1.165) is 36.5 Å². The molecule has 1 unspecified atom stereocenters. The van der Waals surface area contributed by atoms with Crippen molar-refractivity contribution in [2.75, 3.05) is 6.54 Å². The molecule has 21 heavy (non-hydrogen) atoms. The number of halogens is 1. The fraction of sp³-hybridized carbons (Fsp3) is 0.471. The average molecular weight is 289 g/mol. The van der Waals surface area contributed by atoms with Crippen LogP contribution in [0.5, 0.6) is 0 Å². The maximum absolute atomic E-state index is 14.2. The van der Waals surface area contributed by atoms with Crippen LogP contribution in [0.25, 0.3) is 0 Å². The highest BCUT2D eigenvalue weighted by atomic mass is 19.1. The minimum absolute atomic E-state index is 0.0482. The zero-order valence-corrected chi connectivity index (χ0v) is 13.1. The molecule has 2 aromatic rings. The van der Waals surface area contributed by atoms with Crippen LogP contribution >= 0.6 is 0 Å². The van der Waals surface area contributed by atoms with Gasteiger partial charge in [-0.1, -0.05) is 31.5 Å². The molecule has 3 nitrogen and oxygen atoms in total. The van der Waals surface area contributed by atoms with Crippen molar-refractivity contribution < 1.29 is 4.39 Å². The number of nitrogens with one attached hydrogen (secondary N) is 1. The topological polar surface area (TPSA) is 29.9 Å². The van der Waals surface area contributed by atoms with Gasteiger partial charge in [0.1, 0.15) is 11.6 Å². The number of nitrogens with zero attached hydrogens (tertiary/aromatic N) is 2. The normalized spacial score (nSPS) is 12.6. The Balaban J connectivity index is 2.26. The van der Waals surface area contributed by atoms with E-state index in [-0.39, 0.29) is 11.9 Å². The molecule has 0 radical (unpaired) electrons. The first kappa shape index (κ1) is 15.7. The van der Waals surface area contributed by atoms with Crippen molar-refractivity contribution in [3.8, 4) is 0 Å². The highest BCUT2D eigenvalue weighted by Gasteiger charge is 2.18. The van der Waals surface area contributed by atoms with E-state index in [0.29, 0.717) is 6.42 Å². The summed E-state index contributed by atoms with van der Waals surface area (Å²) in [6, 6.07) is 5.23. The minimum Gasteiger partial charge on any atom is -0.335 e. The van der Waals surface area contributed by atoms with Crippen LogP contribution in [0, 0.1) is 12.7 Å². The number of hydrogen-bond donors (Lipinski definition) is 1. The maximum atomic E-state index is 14.2. The van der Waals surface area contributed by atoms with E-state index in [1.807, 2.05) is 32.3 Å². The van der Waals surface area contributed by atoms with Gasteiger partial charge in [0, 0.05) is 37.0 Å². The smallest absolute Gasteiger partial charge is 0.128 e. The van der Waals surface area contributed by atoms with Gasteiger partial charge >= 0.3 is 0 Å². The summed E-state index contributed by atoms with van der Waals surface area (Å²) in [5, 5.41) is 3.38. The second kappa shape index (κ2) is 7.36. The lowest BCUT2D eigenvalue weighted by atomic mass is 10.0. The largest absolute Gasteiger partial charge is 0.335 e. The Morgan fingerprint density at radius 3 is 2.86 bits per heavy atom. The number of hydrogen-bond acceptors (Lipinski definition) is 2. The zero-order chi connectivity index (χ0) is 15.2. The summed E-state index contributed by atoms with van der Waals surface area (Å²) in [6.45, 7) is 7.92. The maximum Gasteiger partial charge on any atom is 0.128 e. The minimum atomic E-state index is -0.153. The highest BCUT2D eigenvalue weighted by molar-refractivity contribution is 5.27. The van der Waals surface area contributed by atoms with E-state index in [1.54, 1.807) is 12.1 Å². The standard InChI is InChI=1S/C17H24FN3/c1-4-9-21-10-8-20-17(21)12-16(19-5-2)14-11-13(3)6-7-15(14)18/h6-8,10-11,16,19H,4-5,9,12H2,1-3H3. The van der Waals surface area contributed by atoms with Gasteiger partial charge in [-0.25, -0.2) is 9.37 Å².